The lowest BCUT2D eigenvalue weighted by Gasteiger charge is -2.15. The Morgan fingerprint density at radius 3 is 2.83 bits per heavy atom. The number of hydrogen-bond donors (Lipinski definition) is 1. The third kappa shape index (κ3) is 5.65. The second-order valence-electron chi connectivity index (χ2n) is 5.10. The molecule has 2 aromatic rings. The Morgan fingerprint density at radius 2 is 2.17 bits per heavy atom. The standard InChI is InChI=1S/C15H22N4O3.CH3Cl/c1-3-4-14(20)22-9-12(21-2)7-5-11-6-8-13-15(16)17-10-18-19(11)13;1-2/h6,8,10,12H,3-5,7,9H2,1-2H3,(H2,16,17,18);1H3. The Balaban J connectivity index is 0.00000139. The second-order valence-corrected chi connectivity index (χ2v) is 5.10. The van der Waals surface area contributed by atoms with Gasteiger partial charge in [0, 0.05) is 25.6 Å². The summed E-state index contributed by atoms with van der Waals surface area (Å²) in [6, 6.07) is 3.87. The number of nitrogen functional groups attached to an aromatic ring is 1. The van der Waals surface area contributed by atoms with Crippen molar-refractivity contribution in [3.8, 4) is 0 Å². The smallest absolute Gasteiger partial charge is 0.305 e. The first-order valence-electron chi connectivity index (χ1n) is 7.79. The highest BCUT2D eigenvalue weighted by Crippen LogP contribution is 2.15. The minimum atomic E-state index is -0.182. The van der Waals surface area contributed by atoms with E-state index in [-0.39, 0.29) is 18.7 Å². The van der Waals surface area contributed by atoms with Gasteiger partial charge in [-0.3, -0.25) is 4.79 Å². The number of carbonyl (C=O) groups is 1. The fourth-order valence-corrected chi connectivity index (χ4v) is 2.24. The number of nitrogens with two attached hydrogens (primary N) is 1. The van der Waals surface area contributed by atoms with Crippen molar-refractivity contribution in [2.45, 2.75) is 38.7 Å². The highest BCUT2D eigenvalue weighted by Gasteiger charge is 2.13. The molecule has 0 amide bonds. The molecule has 1 atom stereocenters. The number of anilines is 1. The lowest BCUT2D eigenvalue weighted by atomic mass is 10.1. The molecule has 0 spiro atoms. The van der Waals surface area contributed by atoms with E-state index in [0.29, 0.717) is 12.2 Å². The van der Waals surface area contributed by atoms with Crippen molar-refractivity contribution in [2.75, 3.05) is 25.8 Å². The Hall–Kier alpha value is -1.86. The molecule has 24 heavy (non-hydrogen) atoms. The van der Waals surface area contributed by atoms with E-state index in [4.69, 9.17) is 15.2 Å². The van der Waals surface area contributed by atoms with Gasteiger partial charge in [-0.05, 0) is 31.4 Å². The molecule has 8 heteroatoms. The molecule has 1 unspecified atom stereocenters. The topological polar surface area (TPSA) is 91.7 Å². The molecule has 0 radical (unpaired) electrons. The minimum Gasteiger partial charge on any atom is -0.463 e. The zero-order chi connectivity index (χ0) is 17.9. The predicted octanol–water partition coefficient (Wildman–Crippen LogP) is 2.46. The first-order chi connectivity index (χ1) is 11.7. The summed E-state index contributed by atoms with van der Waals surface area (Å²) in [5, 5.41) is 4.20. The molecule has 7 nitrogen and oxygen atoms in total. The Kier molecular flexibility index (Phi) is 9.11. The molecule has 2 rings (SSSR count). The Labute approximate surface area is 147 Å². The van der Waals surface area contributed by atoms with Crippen LogP contribution in [0.1, 0.15) is 31.9 Å². The van der Waals surface area contributed by atoms with Gasteiger partial charge < -0.3 is 15.2 Å². The first kappa shape index (κ1) is 20.2. The largest absolute Gasteiger partial charge is 0.463 e. The van der Waals surface area contributed by atoms with Crippen LogP contribution in [0.5, 0.6) is 0 Å². The summed E-state index contributed by atoms with van der Waals surface area (Å²) in [4.78, 5) is 15.4. The molecule has 0 aliphatic rings. The van der Waals surface area contributed by atoms with Crippen molar-refractivity contribution in [1.29, 1.82) is 0 Å². The van der Waals surface area contributed by atoms with Gasteiger partial charge in [-0.25, -0.2) is 9.50 Å². The average molecular weight is 357 g/mol. The lowest BCUT2D eigenvalue weighted by molar-refractivity contribution is -0.147. The number of halogens is 1. The number of methoxy groups -OCH3 is 1. The number of hydrogen-bond acceptors (Lipinski definition) is 6. The number of fused-ring (bicyclic) bond motifs is 1. The number of rotatable bonds is 8. The second kappa shape index (κ2) is 10.8. The number of ether oxygens (including phenoxy) is 2. The van der Waals surface area contributed by atoms with E-state index in [1.807, 2.05) is 19.1 Å². The molecule has 0 saturated heterocycles. The molecule has 134 valence electrons. The Morgan fingerprint density at radius 1 is 1.42 bits per heavy atom. The van der Waals surface area contributed by atoms with Gasteiger partial charge in [-0.1, -0.05) is 6.92 Å². The van der Waals surface area contributed by atoms with Crippen LogP contribution in [-0.2, 0) is 20.7 Å². The number of aryl methyl sites for hydroxylation is 1. The maximum absolute atomic E-state index is 11.4. The molecule has 0 aliphatic carbocycles. The van der Waals surface area contributed by atoms with Crippen LogP contribution in [0, 0.1) is 0 Å². The van der Waals surface area contributed by atoms with E-state index < -0.39 is 0 Å². The van der Waals surface area contributed by atoms with Crippen molar-refractivity contribution < 1.29 is 14.3 Å². The van der Waals surface area contributed by atoms with Gasteiger partial charge in [0.1, 0.15) is 18.5 Å². The van der Waals surface area contributed by atoms with Gasteiger partial charge in [0.2, 0.25) is 0 Å². The zero-order valence-electron chi connectivity index (χ0n) is 14.4. The highest BCUT2D eigenvalue weighted by molar-refractivity contribution is 6.15. The van der Waals surface area contributed by atoms with Crippen molar-refractivity contribution in [3.63, 3.8) is 0 Å². The molecule has 2 N–H and O–H groups in total. The van der Waals surface area contributed by atoms with Crippen LogP contribution < -0.4 is 5.73 Å². The van der Waals surface area contributed by atoms with Crippen LogP contribution in [-0.4, -0.2) is 46.8 Å². The van der Waals surface area contributed by atoms with Crippen LogP contribution in [0.15, 0.2) is 18.5 Å². The van der Waals surface area contributed by atoms with Crippen LogP contribution in [0.3, 0.4) is 0 Å². The van der Waals surface area contributed by atoms with E-state index in [9.17, 15) is 4.79 Å². The number of nitrogens with zero attached hydrogens (tertiary/aromatic N) is 3. The highest BCUT2D eigenvalue weighted by atomic mass is 35.5. The van der Waals surface area contributed by atoms with Crippen LogP contribution >= 0.6 is 11.6 Å². The number of aromatic nitrogens is 3. The summed E-state index contributed by atoms with van der Waals surface area (Å²) < 4.78 is 12.3. The minimum absolute atomic E-state index is 0.134. The maximum Gasteiger partial charge on any atom is 0.305 e. The van der Waals surface area contributed by atoms with Crippen molar-refractivity contribution in [1.82, 2.24) is 14.6 Å². The quantitative estimate of drug-likeness (QED) is 0.577. The fourth-order valence-electron chi connectivity index (χ4n) is 2.24. The fraction of sp³-hybridized carbons (Fsp3) is 0.562. The van der Waals surface area contributed by atoms with Crippen LogP contribution in [0.2, 0.25) is 0 Å². The molecule has 2 heterocycles. The molecule has 0 saturated carbocycles. The van der Waals surface area contributed by atoms with E-state index in [1.54, 1.807) is 11.6 Å². The molecule has 0 aliphatic heterocycles. The predicted molar refractivity (Wildman–Crippen MR) is 94.2 cm³/mol. The van der Waals surface area contributed by atoms with Gasteiger partial charge >= 0.3 is 5.97 Å². The number of esters is 1. The summed E-state index contributed by atoms with van der Waals surface area (Å²) in [5.74, 6) is 0.274. The summed E-state index contributed by atoms with van der Waals surface area (Å²) in [5.41, 5.74) is 7.62. The summed E-state index contributed by atoms with van der Waals surface area (Å²) in [6.07, 6.45) is 5.47. The summed E-state index contributed by atoms with van der Waals surface area (Å²) in [6.45, 7) is 2.22. The summed E-state index contributed by atoms with van der Waals surface area (Å²) in [7, 11) is 1.62. The van der Waals surface area contributed by atoms with Crippen LogP contribution in [0.25, 0.3) is 5.52 Å². The number of alkyl halides is 1. The Bertz CT molecular complexity index is 633. The van der Waals surface area contributed by atoms with Gasteiger partial charge in [0.15, 0.2) is 5.82 Å². The van der Waals surface area contributed by atoms with Gasteiger partial charge in [0.25, 0.3) is 0 Å². The van der Waals surface area contributed by atoms with Crippen molar-refractivity contribution in [3.05, 3.63) is 24.2 Å². The van der Waals surface area contributed by atoms with E-state index in [2.05, 4.69) is 21.7 Å². The van der Waals surface area contributed by atoms with E-state index >= 15 is 0 Å². The molecule has 0 bridgehead atoms. The third-order valence-electron chi connectivity index (χ3n) is 3.50. The molecular formula is C16H25ClN4O3. The molecule has 2 aromatic heterocycles. The molecular weight excluding hydrogens is 332 g/mol. The van der Waals surface area contributed by atoms with Crippen molar-refractivity contribution >= 4 is 28.9 Å². The lowest BCUT2D eigenvalue weighted by Crippen LogP contribution is -2.21. The average Bonchev–Trinajstić information content (AvgIpc) is 3.02. The van der Waals surface area contributed by atoms with E-state index in [0.717, 1.165) is 30.5 Å². The van der Waals surface area contributed by atoms with Crippen LogP contribution in [0.4, 0.5) is 5.82 Å². The summed E-state index contributed by atoms with van der Waals surface area (Å²) >= 11 is 4.64. The maximum atomic E-state index is 11.4. The monoisotopic (exact) mass is 356 g/mol. The van der Waals surface area contributed by atoms with Crippen molar-refractivity contribution in [2.24, 2.45) is 0 Å². The first-order valence-corrected chi connectivity index (χ1v) is 8.54. The number of carbonyl (C=O) groups excluding carboxylic acids is 1. The molecule has 0 aromatic carbocycles. The van der Waals surface area contributed by atoms with Gasteiger partial charge in [0.05, 0.1) is 6.10 Å². The SMILES string of the molecule is CCCC(=O)OCC(CCc1ccc2c(N)ncnn12)OC.CCl. The van der Waals surface area contributed by atoms with Gasteiger partial charge in [-0.15, -0.1) is 11.6 Å². The molecule has 0 fully saturated rings. The normalized spacial score (nSPS) is 11.7. The third-order valence-corrected chi connectivity index (χ3v) is 3.50. The zero-order valence-corrected chi connectivity index (χ0v) is 15.1. The van der Waals surface area contributed by atoms with Gasteiger partial charge in [-0.2, -0.15) is 5.10 Å². The van der Waals surface area contributed by atoms with E-state index in [1.165, 1.54) is 12.7 Å².